The molecule has 5 rings (SSSR count). The molecule has 0 atom stereocenters. The first-order valence-corrected chi connectivity index (χ1v) is 11.6. The summed E-state index contributed by atoms with van der Waals surface area (Å²) in [5.74, 6) is 3.00. The van der Waals surface area contributed by atoms with Crippen LogP contribution in [-0.4, -0.2) is 42.6 Å². The fourth-order valence-corrected chi connectivity index (χ4v) is 4.59. The lowest BCUT2D eigenvalue weighted by Gasteiger charge is -2.30. The topological polar surface area (TPSA) is 72.1 Å². The van der Waals surface area contributed by atoms with E-state index in [1.807, 2.05) is 48.1 Å². The van der Waals surface area contributed by atoms with Crippen molar-refractivity contribution in [2.75, 3.05) is 18.0 Å². The fraction of sp³-hybridized carbons (Fsp3) is 0.348. The second-order valence-corrected chi connectivity index (χ2v) is 8.99. The van der Waals surface area contributed by atoms with Crippen molar-refractivity contribution in [3.8, 4) is 11.3 Å². The Morgan fingerprint density at radius 2 is 1.84 bits per heavy atom. The molecule has 8 heteroatoms. The van der Waals surface area contributed by atoms with E-state index in [2.05, 4.69) is 44.0 Å². The van der Waals surface area contributed by atoms with Gasteiger partial charge in [-0.1, -0.05) is 49.0 Å². The maximum atomic E-state index is 4.85. The molecule has 4 heterocycles. The van der Waals surface area contributed by atoms with E-state index in [1.165, 1.54) is 18.4 Å². The third-order valence-corrected chi connectivity index (χ3v) is 6.69. The van der Waals surface area contributed by atoms with Gasteiger partial charge in [0.2, 0.25) is 11.1 Å². The van der Waals surface area contributed by atoms with Crippen LogP contribution in [0.2, 0.25) is 0 Å². The van der Waals surface area contributed by atoms with Gasteiger partial charge in [-0.2, -0.15) is 9.50 Å². The van der Waals surface area contributed by atoms with Crippen molar-refractivity contribution in [2.45, 2.75) is 37.6 Å². The van der Waals surface area contributed by atoms with E-state index in [9.17, 15) is 0 Å². The van der Waals surface area contributed by atoms with E-state index < -0.39 is 0 Å². The van der Waals surface area contributed by atoms with Crippen molar-refractivity contribution >= 4 is 23.5 Å². The third-order valence-electron chi connectivity index (χ3n) is 5.78. The number of nitrogens with zero attached hydrogens (tertiary/aromatic N) is 7. The minimum Gasteiger partial charge on any atom is -0.341 e. The van der Waals surface area contributed by atoms with Gasteiger partial charge < -0.3 is 4.90 Å². The summed E-state index contributed by atoms with van der Waals surface area (Å²) in [6.45, 7) is 6.36. The van der Waals surface area contributed by atoms with Gasteiger partial charge in [-0.15, -0.1) is 5.10 Å². The quantitative estimate of drug-likeness (QED) is 0.433. The van der Waals surface area contributed by atoms with Crippen molar-refractivity contribution in [3.05, 3.63) is 60.0 Å². The van der Waals surface area contributed by atoms with Crippen LogP contribution in [0.5, 0.6) is 0 Å². The van der Waals surface area contributed by atoms with Gasteiger partial charge in [0.05, 0.1) is 11.4 Å². The number of rotatable bonds is 5. The summed E-state index contributed by atoms with van der Waals surface area (Å²) < 4.78 is 1.81. The molecule has 3 aromatic heterocycles. The summed E-state index contributed by atoms with van der Waals surface area (Å²) >= 11 is 1.62. The summed E-state index contributed by atoms with van der Waals surface area (Å²) in [5, 5.41) is 5.41. The van der Waals surface area contributed by atoms with E-state index in [0.29, 0.717) is 5.78 Å². The number of fused-ring (bicyclic) bond motifs is 1. The largest absolute Gasteiger partial charge is 0.341 e. The van der Waals surface area contributed by atoms with E-state index in [0.717, 1.165) is 52.8 Å². The highest BCUT2D eigenvalue weighted by Crippen LogP contribution is 2.26. The average Bonchev–Trinajstić information content (AvgIpc) is 3.23. The minimum atomic E-state index is 0.608. The highest BCUT2D eigenvalue weighted by molar-refractivity contribution is 7.98. The highest BCUT2D eigenvalue weighted by Gasteiger charge is 2.19. The zero-order valence-corrected chi connectivity index (χ0v) is 18.6. The number of hydrogen-bond acceptors (Lipinski definition) is 7. The lowest BCUT2D eigenvalue weighted by molar-refractivity contribution is 0.434. The Kier molecular flexibility index (Phi) is 5.55. The van der Waals surface area contributed by atoms with Gasteiger partial charge >= 0.3 is 0 Å². The van der Waals surface area contributed by atoms with Crippen LogP contribution in [0.15, 0.2) is 53.9 Å². The Morgan fingerprint density at radius 3 is 2.65 bits per heavy atom. The molecule has 0 unspecified atom stereocenters. The molecule has 1 aromatic carbocycles. The van der Waals surface area contributed by atoms with E-state index >= 15 is 0 Å². The molecule has 0 N–H and O–H groups in total. The van der Waals surface area contributed by atoms with Crippen molar-refractivity contribution < 1.29 is 0 Å². The second kappa shape index (κ2) is 8.63. The first kappa shape index (κ1) is 19.9. The first-order valence-electron chi connectivity index (χ1n) is 10.6. The van der Waals surface area contributed by atoms with Gasteiger partial charge in [0.15, 0.2) is 0 Å². The van der Waals surface area contributed by atoms with E-state index in [4.69, 9.17) is 4.98 Å². The molecule has 1 saturated heterocycles. The van der Waals surface area contributed by atoms with Crippen LogP contribution in [0, 0.1) is 12.8 Å². The molecule has 1 aliphatic rings. The summed E-state index contributed by atoms with van der Waals surface area (Å²) in [7, 11) is 0. The summed E-state index contributed by atoms with van der Waals surface area (Å²) in [5.41, 5.74) is 4.04. The Labute approximate surface area is 186 Å². The third kappa shape index (κ3) is 4.25. The van der Waals surface area contributed by atoms with Crippen molar-refractivity contribution in [2.24, 2.45) is 5.92 Å². The highest BCUT2D eigenvalue weighted by atomic mass is 32.2. The molecule has 1 fully saturated rings. The number of aryl methyl sites for hydroxylation is 1. The van der Waals surface area contributed by atoms with Gasteiger partial charge in [0.1, 0.15) is 0 Å². The minimum absolute atomic E-state index is 0.608. The second-order valence-electron chi connectivity index (χ2n) is 8.05. The number of anilines is 1. The van der Waals surface area contributed by atoms with Crippen molar-refractivity contribution in [1.82, 2.24) is 29.5 Å². The molecule has 1 aliphatic heterocycles. The number of thioether (sulfide) groups is 1. The maximum Gasteiger partial charge on any atom is 0.253 e. The summed E-state index contributed by atoms with van der Waals surface area (Å²) in [6.07, 6.45) is 6.04. The molecule has 7 nitrogen and oxygen atoms in total. The van der Waals surface area contributed by atoms with Gasteiger partial charge in [-0.05, 0) is 37.3 Å². The molecule has 0 aliphatic carbocycles. The number of aromatic nitrogens is 6. The number of piperidine rings is 1. The van der Waals surface area contributed by atoms with Crippen molar-refractivity contribution in [1.29, 1.82) is 0 Å². The average molecular weight is 432 g/mol. The molecule has 0 bridgehead atoms. The van der Waals surface area contributed by atoms with Crippen LogP contribution in [0.1, 0.15) is 31.0 Å². The van der Waals surface area contributed by atoms with Gasteiger partial charge in [0, 0.05) is 36.8 Å². The van der Waals surface area contributed by atoms with Crippen LogP contribution in [0.25, 0.3) is 17.0 Å². The van der Waals surface area contributed by atoms with Gasteiger partial charge in [-0.3, -0.25) is 0 Å². The van der Waals surface area contributed by atoms with Crippen LogP contribution in [0.4, 0.5) is 5.95 Å². The first-order chi connectivity index (χ1) is 15.2. The number of benzene rings is 1. The Hall–Kier alpha value is -3.00. The normalized spacial score (nSPS) is 15.0. The molecule has 4 aromatic rings. The van der Waals surface area contributed by atoms with Gasteiger partial charge in [0.25, 0.3) is 5.78 Å². The molecular formula is C23H25N7S. The molecule has 0 amide bonds. The zero-order chi connectivity index (χ0) is 21.2. The standard InChI is InChI=1S/C23H25N7S/c1-16-9-12-29(13-10-16)21-24-11-8-20(26-21)19-14-25-22-27-23(28-30(22)17(19)2)31-15-18-6-4-3-5-7-18/h3-8,11,14,16H,9-10,12-13,15H2,1-2H3. The molecule has 0 spiro atoms. The summed E-state index contributed by atoms with van der Waals surface area (Å²) in [4.78, 5) is 20.8. The number of hydrogen-bond donors (Lipinski definition) is 0. The van der Waals surface area contributed by atoms with Crippen LogP contribution >= 0.6 is 11.8 Å². The molecular weight excluding hydrogens is 406 g/mol. The van der Waals surface area contributed by atoms with E-state index in [1.54, 1.807) is 11.8 Å². The zero-order valence-electron chi connectivity index (χ0n) is 17.8. The Balaban J connectivity index is 1.40. The molecule has 158 valence electrons. The Bertz CT molecular complexity index is 1180. The predicted octanol–water partition coefficient (Wildman–Crippen LogP) is 4.42. The molecule has 0 saturated carbocycles. The smallest absolute Gasteiger partial charge is 0.253 e. The fourth-order valence-electron chi connectivity index (χ4n) is 3.82. The monoisotopic (exact) mass is 431 g/mol. The van der Waals surface area contributed by atoms with Crippen LogP contribution < -0.4 is 4.90 Å². The van der Waals surface area contributed by atoms with E-state index in [-0.39, 0.29) is 0 Å². The SMILES string of the molecule is Cc1c(-c2ccnc(N3CCC(C)CC3)n2)cnc2nc(SCc3ccccc3)nn12. The predicted molar refractivity (Wildman–Crippen MR) is 123 cm³/mol. The molecule has 31 heavy (non-hydrogen) atoms. The lowest BCUT2D eigenvalue weighted by Crippen LogP contribution is -2.34. The maximum absolute atomic E-state index is 4.85. The molecule has 0 radical (unpaired) electrons. The van der Waals surface area contributed by atoms with Gasteiger partial charge in [-0.25, -0.2) is 15.0 Å². The lowest BCUT2D eigenvalue weighted by atomic mass is 10.00. The summed E-state index contributed by atoms with van der Waals surface area (Å²) in [6, 6.07) is 12.3. The Morgan fingerprint density at radius 1 is 1.03 bits per heavy atom. The van der Waals surface area contributed by atoms with Crippen LogP contribution in [-0.2, 0) is 5.75 Å². The van der Waals surface area contributed by atoms with Crippen molar-refractivity contribution in [3.63, 3.8) is 0 Å². The van der Waals surface area contributed by atoms with Crippen LogP contribution in [0.3, 0.4) is 0 Å².